The minimum atomic E-state index is -0.625. The molecule has 4 rings (SSSR count). The number of benzene rings is 2. The van der Waals surface area contributed by atoms with Crippen LogP contribution in [0.4, 0.5) is 5.69 Å². The fourth-order valence-corrected chi connectivity index (χ4v) is 3.10. The minimum absolute atomic E-state index is 0.000849. The summed E-state index contributed by atoms with van der Waals surface area (Å²) in [6.45, 7) is 2.72. The SMILES string of the molecule is CCOC(=O)c1nn(-c2ccccc2)cc1OCC(=O)Nc1ccc2c(c1)OCCCO2. The van der Waals surface area contributed by atoms with Crippen LogP contribution < -0.4 is 19.5 Å². The van der Waals surface area contributed by atoms with E-state index in [2.05, 4.69) is 10.4 Å². The van der Waals surface area contributed by atoms with Crippen LogP contribution in [0, 0.1) is 0 Å². The molecule has 1 aliphatic rings. The van der Waals surface area contributed by atoms with Crippen LogP contribution in [0.3, 0.4) is 0 Å². The van der Waals surface area contributed by atoms with Gasteiger partial charge in [0.25, 0.3) is 5.91 Å². The van der Waals surface area contributed by atoms with Crippen molar-refractivity contribution in [3.05, 3.63) is 60.4 Å². The van der Waals surface area contributed by atoms with Gasteiger partial charge in [0.1, 0.15) is 0 Å². The topological polar surface area (TPSA) is 101 Å². The highest BCUT2D eigenvalue weighted by molar-refractivity contribution is 5.93. The van der Waals surface area contributed by atoms with Crippen LogP contribution in [0.2, 0.25) is 0 Å². The van der Waals surface area contributed by atoms with E-state index in [9.17, 15) is 9.59 Å². The molecular weight excluding hydrogens is 414 g/mol. The highest BCUT2D eigenvalue weighted by Crippen LogP contribution is 2.32. The predicted molar refractivity (Wildman–Crippen MR) is 116 cm³/mol. The summed E-state index contributed by atoms with van der Waals surface area (Å²) in [6, 6.07) is 14.4. The van der Waals surface area contributed by atoms with Crippen LogP contribution in [-0.2, 0) is 9.53 Å². The average molecular weight is 437 g/mol. The molecule has 1 amide bonds. The van der Waals surface area contributed by atoms with E-state index in [1.54, 1.807) is 31.3 Å². The molecule has 2 heterocycles. The maximum absolute atomic E-state index is 12.5. The van der Waals surface area contributed by atoms with Crippen molar-refractivity contribution in [1.82, 2.24) is 9.78 Å². The lowest BCUT2D eigenvalue weighted by molar-refractivity contribution is -0.118. The van der Waals surface area contributed by atoms with Crippen LogP contribution in [0.25, 0.3) is 5.69 Å². The molecule has 0 saturated carbocycles. The maximum Gasteiger partial charge on any atom is 0.362 e. The van der Waals surface area contributed by atoms with Crippen molar-refractivity contribution in [2.24, 2.45) is 0 Å². The summed E-state index contributed by atoms with van der Waals surface area (Å²) in [5.41, 5.74) is 1.29. The van der Waals surface area contributed by atoms with Crippen LogP contribution in [0.5, 0.6) is 17.2 Å². The van der Waals surface area contributed by atoms with Gasteiger partial charge in [-0.25, -0.2) is 9.48 Å². The summed E-state index contributed by atoms with van der Waals surface area (Å²) in [7, 11) is 0. The van der Waals surface area contributed by atoms with Crippen molar-refractivity contribution in [2.45, 2.75) is 13.3 Å². The number of carbonyl (C=O) groups excluding carboxylic acids is 2. The zero-order valence-electron chi connectivity index (χ0n) is 17.6. The van der Waals surface area contributed by atoms with Crippen molar-refractivity contribution >= 4 is 17.6 Å². The Hall–Kier alpha value is -4.01. The molecule has 9 nitrogen and oxygen atoms in total. The number of nitrogens with one attached hydrogen (secondary N) is 1. The van der Waals surface area contributed by atoms with E-state index in [-0.39, 0.29) is 24.7 Å². The Balaban J connectivity index is 1.45. The molecule has 9 heteroatoms. The van der Waals surface area contributed by atoms with Gasteiger partial charge in [-0.3, -0.25) is 4.79 Å². The molecular formula is C23H23N3O6. The van der Waals surface area contributed by atoms with Gasteiger partial charge in [0.15, 0.2) is 23.9 Å². The van der Waals surface area contributed by atoms with Gasteiger partial charge in [-0.15, -0.1) is 0 Å². The van der Waals surface area contributed by atoms with Crippen LogP contribution >= 0.6 is 0 Å². The lowest BCUT2D eigenvalue weighted by atomic mass is 10.2. The van der Waals surface area contributed by atoms with Gasteiger partial charge < -0.3 is 24.3 Å². The van der Waals surface area contributed by atoms with Gasteiger partial charge in [-0.1, -0.05) is 18.2 Å². The Labute approximate surface area is 184 Å². The van der Waals surface area contributed by atoms with Gasteiger partial charge in [-0.05, 0) is 31.2 Å². The van der Waals surface area contributed by atoms with E-state index in [1.807, 2.05) is 30.3 Å². The zero-order chi connectivity index (χ0) is 22.3. The molecule has 0 spiro atoms. The third kappa shape index (κ3) is 5.00. The Morgan fingerprint density at radius 1 is 1.09 bits per heavy atom. The molecule has 0 fully saturated rings. The van der Waals surface area contributed by atoms with E-state index in [0.29, 0.717) is 30.4 Å². The second kappa shape index (κ2) is 9.86. The second-order valence-electron chi connectivity index (χ2n) is 6.89. The first-order valence-corrected chi connectivity index (χ1v) is 10.3. The highest BCUT2D eigenvalue weighted by atomic mass is 16.5. The van der Waals surface area contributed by atoms with E-state index in [1.165, 1.54) is 4.68 Å². The first kappa shape index (κ1) is 21.2. The van der Waals surface area contributed by atoms with Gasteiger partial charge >= 0.3 is 5.97 Å². The van der Waals surface area contributed by atoms with Crippen molar-refractivity contribution < 1.29 is 28.5 Å². The number of aromatic nitrogens is 2. The lowest BCUT2D eigenvalue weighted by Gasteiger charge is -2.11. The number of anilines is 1. The van der Waals surface area contributed by atoms with Crippen molar-refractivity contribution in [3.63, 3.8) is 0 Å². The van der Waals surface area contributed by atoms with Gasteiger partial charge in [-0.2, -0.15) is 5.10 Å². The number of nitrogens with zero attached hydrogens (tertiary/aromatic N) is 2. The van der Waals surface area contributed by atoms with E-state index in [0.717, 1.165) is 12.1 Å². The van der Waals surface area contributed by atoms with E-state index < -0.39 is 11.9 Å². The summed E-state index contributed by atoms with van der Waals surface area (Å²) in [4.78, 5) is 24.8. The molecule has 0 radical (unpaired) electrons. The molecule has 0 bridgehead atoms. The summed E-state index contributed by atoms with van der Waals surface area (Å²) < 4.78 is 23.4. The molecule has 0 aliphatic carbocycles. The number of ether oxygens (including phenoxy) is 4. The first-order chi connectivity index (χ1) is 15.6. The van der Waals surface area contributed by atoms with E-state index in [4.69, 9.17) is 18.9 Å². The third-order valence-corrected chi connectivity index (χ3v) is 4.56. The molecule has 166 valence electrons. The molecule has 0 atom stereocenters. The average Bonchev–Trinajstić information content (AvgIpc) is 3.10. The molecule has 32 heavy (non-hydrogen) atoms. The molecule has 1 N–H and O–H groups in total. The number of fused-ring (bicyclic) bond motifs is 1. The van der Waals surface area contributed by atoms with Crippen LogP contribution in [0.1, 0.15) is 23.8 Å². The molecule has 3 aromatic rings. The first-order valence-electron chi connectivity index (χ1n) is 10.3. The number of rotatable bonds is 7. The smallest absolute Gasteiger partial charge is 0.362 e. The van der Waals surface area contributed by atoms with Gasteiger partial charge in [0, 0.05) is 18.2 Å². The minimum Gasteiger partial charge on any atom is -0.490 e. The maximum atomic E-state index is 12.5. The molecule has 1 aromatic heterocycles. The quantitative estimate of drug-likeness (QED) is 0.567. The van der Waals surface area contributed by atoms with Gasteiger partial charge in [0.05, 0.1) is 31.7 Å². The molecule has 1 aliphatic heterocycles. The fourth-order valence-electron chi connectivity index (χ4n) is 3.10. The lowest BCUT2D eigenvalue weighted by Crippen LogP contribution is -2.21. The summed E-state index contributed by atoms with van der Waals surface area (Å²) in [5.74, 6) is 0.350. The van der Waals surface area contributed by atoms with E-state index >= 15 is 0 Å². The summed E-state index contributed by atoms with van der Waals surface area (Å²) in [5, 5.41) is 7.03. The van der Waals surface area contributed by atoms with Crippen molar-refractivity contribution in [2.75, 3.05) is 31.7 Å². The molecule has 0 unspecified atom stereocenters. The summed E-state index contributed by atoms with van der Waals surface area (Å²) in [6.07, 6.45) is 2.34. The zero-order valence-corrected chi connectivity index (χ0v) is 17.6. The standard InChI is InChI=1S/C23H23N3O6/c1-2-29-23(28)22-20(14-26(25-22)17-7-4-3-5-8-17)32-15-21(27)24-16-9-10-18-19(13-16)31-12-6-11-30-18/h3-5,7-10,13-14H,2,6,11-12,15H2,1H3,(H,24,27). The Kier molecular flexibility index (Phi) is 6.54. The second-order valence-corrected chi connectivity index (χ2v) is 6.89. The number of amides is 1. The summed E-state index contributed by atoms with van der Waals surface area (Å²) >= 11 is 0. The number of carbonyl (C=O) groups is 2. The van der Waals surface area contributed by atoms with Crippen molar-refractivity contribution in [1.29, 1.82) is 0 Å². The van der Waals surface area contributed by atoms with Gasteiger partial charge in [0.2, 0.25) is 5.69 Å². The Bertz CT molecular complexity index is 1100. The predicted octanol–water partition coefficient (Wildman–Crippen LogP) is 3.23. The molecule has 0 saturated heterocycles. The Morgan fingerprint density at radius 2 is 1.88 bits per heavy atom. The fraction of sp³-hybridized carbons (Fsp3) is 0.261. The molecule has 2 aromatic carbocycles. The number of esters is 1. The third-order valence-electron chi connectivity index (χ3n) is 4.56. The Morgan fingerprint density at radius 3 is 2.66 bits per heavy atom. The number of hydrogen-bond acceptors (Lipinski definition) is 7. The van der Waals surface area contributed by atoms with Crippen molar-refractivity contribution in [3.8, 4) is 22.9 Å². The highest BCUT2D eigenvalue weighted by Gasteiger charge is 2.21. The van der Waals surface area contributed by atoms with Crippen LogP contribution in [0.15, 0.2) is 54.7 Å². The normalized spacial score (nSPS) is 12.5. The van der Waals surface area contributed by atoms with Crippen LogP contribution in [-0.4, -0.2) is 48.1 Å². The largest absolute Gasteiger partial charge is 0.490 e. The number of hydrogen-bond donors (Lipinski definition) is 1. The monoisotopic (exact) mass is 437 g/mol. The number of para-hydroxylation sites is 1.